The molecule has 0 aromatic heterocycles. The van der Waals surface area contributed by atoms with Gasteiger partial charge in [-0.05, 0) is 38.7 Å². The fourth-order valence-corrected chi connectivity index (χ4v) is 3.15. The highest BCUT2D eigenvalue weighted by Gasteiger charge is 2.30. The molecule has 0 aliphatic heterocycles. The molecule has 1 rings (SSSR count). The van der Waals surface area contributed by atoms with E-state index in [1.165, 1.54) is 25.3 Å². The lowest BCUT2D eigenvalue weighted by Crippen LogP contribution is -2.50. The minimum atomic E-state index is -1.37. The molecule has 0 fully saturated rings. The number of benzene rings is 1. The number of nitrogens with zero attached hydrogens (tertiary/aromatic N) is 1. The van der Waals surface area contributed by atoms with Crippen molar-refractivity contribution in [2.45, 2.75) is 77.7 Å². The van der Waals surface area contributed by atoms with Gasteiger partial charge < -0.3 is 25.2 Å². The number of nitrogens with one attached hydrogen (secondary N) is 2. The molecule has 3 N–H and O–H groups in total. The molecule has 11 heteroatoms. The van der Waals surface area contributed by atoms with Gasteiger partial charge in [-0.15, -0.1) is 0 Å². The van der Waals surface area contributed by atoms with Gasteiger partial charge in [0.05, 0.1) is 30.6 Å². The summed E-state index contributed by atoms with van der Waals surface area (Å²) in [6.07, 6.45) is -2.00. The molecule has 11 nitrogen and oxygen atoms in total. The number of hydrogen-bond donors (Lipinski definition) is 3. The van der Waals surface area contributed by atoms with Gasteiger partial charge in [-0.2, -0.15) is 0 Å². The molecule has 0 saturated heterocycles. The summed E-state index contributed by atoms with van der Waals surface area (Å²) >= 11 is 0. The van der Waals surface area contributed by atoms with Crippen molar-refractivity contribution in [1.82, 2.24) is 10.6 Å². The van der Waals surface area contributed by atoms with Gasteiger partial charge in [0, 0.05) is 12.1 Å². The van der Waals surface area contributed by atoms with Crippen LogP contribution in [0.2, 0.25) is 0 Å². The molecule has 1 aromatic rings. The first-order valence-corrected chi connectivity index (χ1v) is 11.1. The summed E-state index contributed by atoms with van der Waals surface area (Å²) in [5.74, 6) is -1.41. The number of alkyl carbamates (subject to hydrolysis) is 1. The Morgan fingerprint density at radius 2 is 1.85 bits per heavy atom. The number of carbonyl (C=O) groups excluding carboxylic acids is 3. The largest absolute Gasteiger partial charge is 0.467 e. The van der Waals surface area contributed by atoms with E-state index in [2.05, 4.69) is 10.6 Å². The van der Waals surface area contributed by atoms with Crippen LogP contribution in [-0.4, -0.2) is 58.9 Å². The van der Waals surface area contributed by atoms with Crippen LogP contribution in [0.15, 0.2) is 24.3 Å². The number of carbonyl (C=O) groups is 3. The SMILES string of the molecule is CCC(C)[C@H](NC(=O)CC(O)[C@H](Cc1cccc([N+](=O)[O-])c1)NC(=O)OC(C)(C)C)C(=O)OC. The highest BCUT2D eigenvalue weighted by molar-refractivity contribution is 5.85. The quantitative estimate of drug-likeness (QED) is 0.247. The third-order valence-corrected chi connectivity index (χ3v) is 5.12. The van der Waals surface area contributed by atoms with Gasteiger partial charge in [-0.1, -0.05) is 32.4 Å². The molecular formula is C23H35N3O8. The number of non-ortho nitro benzene ring substituents is 1. The second kappa shape index (κ2) is 12.9. The molecule has 0 bridgehead atoms. The molecule has 2 unspecified atom stereocenters. The minimum absolute atomic E-state index is 0.00115. The summed E-state index contributed by atoms with van der Waals surface area (Å²) in [5, 5.41) is 27.0. The molecule has 2 amide bonds. The standard InChI is InChI=1S/C23H35N3O8/c1-7-14(2)20(21(29)33-6)25-19(28)13-18(27)17(24-22(30)34-23(3,4)5)12-15-9-8-10-16(11-15)26(31)32/h8-11,14,17-18,20,27H,7,12-13H2,1-6H3,(H,24,30)(H,25,28)/t14?,17-,18?,20-/m0/s1. The average Bonchev–Trinajstić information content (AvgIpc) is 2.74. The van der Waals surface area contributed by atoms with Crippen LogP contribution < -0.4 is 10.6 Å². The third-order valence-electron chi connectivity index (χ3n) is 5.12. The van der Waals surface area contributed by atoms with Crippen LogP contribution in [0.25, 0.3) is 0 Å². The highest BCUT2D eigenvalue weighted by Crippen LogP contribution is 2.17. The Hall–Kier alpha value is -3.21. The summed E-state index contributed by atoms with van der Waals surface area (Å²) in [6, 6.07) is 3.87. The number of aliphatic hydroxyl groups is 1. The van der Waals surface area contributed by atoms with Crippen molar-refractivity contribution in [2.24, 2.45) is 5.92 Å². The summed E-state index contributed by atoms with van der Waals surface area (Å²) in [7, 11) is 1.22. The monoisotopic (exact) mass is 481 g/mol. The van der Waals surface area contributed by atoms with Crippen molar-refractivity contribution in [3.05, 3.63) is 39.9 Å². The maximum Gasteiger partial charge on any atom is 0.407 e. The first kappa shape index (κ1) is 28.8. The Bertz CT molecular complexity index is 868. The number of hydrogen-bond acceptors (Lipinski definition) is 8. The Morgan fingerprint density at radius 3 is 2.38 bits per heavy atom. The zero-order chi connectivity index (χ0) is 26.1. The van der Waals surface area contributed by atoms with Crippen LogP contribution in [0.3, 0.4) is 0 Å². The van der Waals surface area contributed by atoms with Gasteiger partial charge >= 0.3 is 12.1 Å². The highest BCUT2D eigenvalue weighted by atomic mass is 16.6. The molecule has 0 aliphatic rings. The van der Waals surface area contributed by atoms with Crippen molar-refractivity contribution < 1.29 is 33.9 Å². The van der Waals surface area contributed by atoms with E-state index in [1.54, 1.807) is 33.8 Å². The number of amides is 2. The van der Waals surface area contributed by atoms with Crippen LogP contribution in [0.5, 0.6) is 0 Å². The van der Waals surface area contributed by atoms with E-state index in [0.717, 1.165) is 0 Å². The fourth-order valence-electron chi connectivity index (χ4n) is 3.15. The molecule has 0 spiro atoms. The summed E-state index contributed by atoms with van der Waals surface area (Å²) < 4.78 is 10.0. The molecule has 1 aromatic carbocycles. The van der Waals surface area contributed by atoms with Crippen molar-refractivity contribution in [3.8, 4) is 0 Å². The van der Waals surface area contributed by atoms with E-state index in [-0.39, 0.29) is 18.0 Å². The molecule has 0 saturated carbocycles. The number of esters is 1. The maximum atomic E-state index is 12.6. The zero-order valence-electron chi connectivity index (χ0n) is 20.5. The predicted molar refractivity (Wildman–Crippen MR) is 124 cm³/mol. The van der Waals surface area contributed by atoms with Crippen LogP contribution in [-0.2, 0) is 25.5 Å². The summed E-state index contributed by atoms with van der Waals surface area (Å²) in [6.45, 7) is 8.67. The predicted octanol–water partition coefficient (Wildman–Crippen LogP) is 2.49. The topological polar surface area (TPSA) is 157 Å². The number of methoxy groups -OCH3 is 1. The van der Waals surface area contributed by atoms with Gasteiger partial charge in [-0.3, -0.25) is 14.9 Å². The van der Waals surface area contributed by atoms with Crippen LogP contribution in [0, 0.1) is 16.0 Å². The normalized spacial score (nSPS) is 14.8. The lowest BCUT2D eigenvalue weighted by atomic mass is 9.97. The van der Waals surface area contributed by atoms with Crippen molar-refractivity contribution in [2.75, 3.05) is 7.11 Å². The third kappa shape index (κ3) is 9.74. The molecule has 0 aliphatic carbocycles. The van der Waals surface area contributed by atoms with E-state index in [4.69, 9.17) is 9.47 Å². The Labute approximate surface area is 199 Å². The van der Waals surface area contributed by atoms with Crippen LogP contribution >= 0.6 is 0 Å². The first-order valence-electron chi connectivity index (χ1n) is 11.1. The lowest BCUT2D eigenvalue weighted by Gasteiger charge is -2.27. The first-order chi connectivity index (χ1) is 15.8. The zero-order valence-corrected chi connectivity index (χ0v) is 20.5. The number of nitro benzene ring substituents is 1. The van der Waals surface area contributed by atoms with Gasteiger partial charge in [0.25, 0.3) is 5.69 Å². The van der Waals surface area contributed by atoms with E-state index in [1.807, 2.05) is 6.92 Å². The molecule has 190 valence electrons. The number of rotatable bonds is 11. The summed E-state index contributed by atoms with van der Waals surface area (Å²) in [5.41, 5.74) is -0.469. The maximum absolute atomic E-state index is 12.6. The smallest absolute Gasteiger partial charge is 0.407 e. The van der Waals surface area contributed by atoms with Gasteiger partial charge in [-0.25, -0.2) is 9.59 Å². The van der Waals surface area contributed by atoms with E-state index >= 15 is 0 Å². The number of nitro groups is 1. The second-order valence-corrected chi connectivity index (χ2v) is 9.11. The number of ether oxygens (including phenoxy) is 2. The van der Waals surface area contributed by atoms with Crippen LogP contribution in [0.4, 0.5) is 10.5 Å². The van der Waals surface area contributed by atoms with Crippen LogP contribution in [0.1, 0.15) is 53.0 Å². The molecule has 0 radical (unpaired) electrons. The van der Waals surface area contributed by atoms with E-state index < -0.39 is 53.1 Å². The van der Waals surface area contributed by atoms with Crippen molar-refractivity contribution in [1.29, 1.82) is 0 Å². The van der Waals surface area contributed by atoms with E-state index in [0.29, 0.717) is 12.0 Å². The van der Waals surface area contributed by atoms with Crippen molar-refractivity contribution in [3.63, 3.8) is 0 Å². The molecule has 34 heavy (non-hydrogen) atoms. The Balaban J connectivity index is 3.04. The fraction of sp³-hybridized carbons (Fsp3) is 0.609. The molecule has 4 atom stereocenters. The van der Waals surface area contributed by atoms with Gasteiger partial charge in [0.1, 0.15) is 11.6 Å². The second-order valence-electron chi connectivity index (χ2n) is 9.11. The number of aliphatic hydroxyl groups excluding tert-OH is 1. The van der Waals surface area contributed by atoms with Gasteiger partial charge in [0.15, 0.2) is 0 Å². The summed E-state index contributed by atoms with van der Waals surface area (Å²) in [4.78, 5) is 47.5. The molecular weight excluding hydrogens is 446 g/mol. The minimum Gasteiger partial charge on any atom is -0.467 e. The van der Waals surface area contributed by atoms with Crippen molar-refractivity contribution >= 4 is 23.7 Å². The Kier molecular flexibility index (Phi) is 10.9. The van der Waals surface area contributed by atoms with E-state index in [9.17, 15) is 29.6 Å². The Morgan fingerprint density at radius 1 is 1.21 bits per heavy atom. The lowest BCUT2D eigenvalue weighted by molar-refractivity contribution is -0.384. The molecule has 0 heterocycles. The van der Waals surface area contributed by atoms with Gasteiger partial charge in [0.2, 0.25) is 5.91 Å². The average molecular weight is 482 g/mol.